The van der Waals surface area contributed by atoms with E-state index in [1.165, 1.54) is 6.92 Å². The number of nitrogens with zero attached hydrogens (tertiary/aromatic N) is 1. The van der Waals surface area contributed by atoms with Crippen molar-refractivity contribution < 1.29 is 24.3 Å². The summed E-state index contributed by atoms with van der Waals surface area (Å²) in [6.45, 7) is 9.28. The Kier molecular flexibility index (Phi) is 11.5. The third-order valence-electron chi connectivity index (χ3n) is 3.76. The van der Waals surface area contributed by atoms with E-state index in [0.717, 1.165) is 15.4 Å². The smallest absolute Gasteiger partial charge is 0.334 e. The van der Waals surface area contributed by atoms with Gasteiger partial charge in [-0.2, -0.15) is 0 Å². The quantitative estimate of drug-likeness (QED) is 0.259. The summed E-state index contributed by atoms with van der Waals surface area (Å²) in [5.74, 6) is -0.0548. The lowest BCUT2D eigenvalue weighted by Gasteiger charge is -2.09. The van der Waals surface area contributed by atoms with Gasteiger partial charge in [-0.15, -0.1) is 0 Å². The molecule has 1 N–H and O–H groups in total. The molecule has 0 bridgehead atoms. The number of oxime groups is 1. The first-order chi connectivity index (χ1) is 14.4. The molecule has 0 atom stereocenters. The third-order valence-corrected chi connectivity index (χ3v) is 4.76. The van der Waals surface area contributed by atoms with Crippen molar-refractivity contribution in [1.29, 1.82) is 0 Å². The summed E-state index contributed by atoms with van der Waals surface area (Å²) in [5, 5.41) is 12.4. The van der Waals surface area contributed by atoms with Crippen LogP contribution in [0.1, 0.15) is 50.0 Å². The van der Waals surface area contributed by atoms with Crippen LogP contribution >= 0.6 is 11.8 Å². The molecule has 0 aliphatic heterocycles. The number of ketones is 1. The number of carbonyl (C=O) groups excluding carboxylic acids is 2. The van der Waals surface area contributed by atoms with E-state index in [-0.39, 0.29) is 31.1 Å². The fourth-order valence-corrected chi connectivity index (χ4v) is 3.19. The normalized spacial score (nSPS) is 10.7. The van der Waals surface area contributed by atoms with Crippen molar-refractivity contribution in [2.24, 2.45) is 5.16 Å². The highest BCUT2D eigenvalue weighted by molar-refractivity contribution is 7.99. The Hall–Kier alpha value is -2.64. The zero-order valence-electron chi connectivity index (χ0n) is 18.1. The van der Waals surface area contributed by atoms with E-state index >= 15 is 0 Å². The summed E-state index contributed by atoms with van der Waals surface area (Å²) in [4.78, 5) is 30.4. The Morgan fingerprint density at radius 1 is 1.07 bits per heavy atom. The number of Topliss-reactive ketones (excluding diaryl/α,β-unsaturated/α-hetero) is 1. The summed E-state index contributed by atoms with van der Waals surface area (Å²) in [6.07, 6.45) is 0.199. The lowest BCUT2D eigenvalue weighted by atomic mass is 10.0. The van der Waals surface area contributed by atoms with Gasteiger partial charge in [0.1, 0.15) is 18.1 Å². The highest BCUT2D eigenvalue weighted by Crippen LogP contribution is 2.30. The molecule has 30 heavy (non-hydrogen) atoms. The van der Waals surface area contributed by atoms with E-state index in [0.29, 0.717) is 11.3 Å². The Bertz CT molecular complexity index is 862. The fourth-order valence-electron chi connectivity index (χ4n) is 2.28. The Labute approximate surface area is 182 Å². The van der Waals surface area contributed by atoms with Gasteiger partial charge in [0.2, 0.25) is 5.78 Å². The predicted molar refractivity (Wildman–Crippen MR) is 119 cm³/mol. The van der Waals surface area contributed by atoms with Gasteiger partial charge in [0.25, 0.3) is 0 Å². The van der Waals surface area contributed by atoms with E-state index in [9.17, 15) is 9.59 Å². The van der Waals surface area contributed by atoms with Crippen LogP contribution in [0.25, 0.3) is 0 Å². The van der Waals surface area contributed by atoms with Crippen LogP contribution < -0.4 is 4.74 Å². The Balaban J connectivity index is 0.00000218. The molecule has 0 aliphatic carbocycles. The van der Waals surface area contributed by atoms with E-state index in [2.05, 4.69) is 9.99 Å². The first-order valence-corrected chi connectivity index (χ1v) is 10.7. The van der Waals surface area contributed by atoms with Gasteiger partial charge in [-0.3, -0.25) is 4.79 Å². The zero-order chi connectivity index (χ0) is 22.5. The number of aliphatic hydroxyl groups excluding tert-OH is 1. The Morgan fingerprint density at radius 3 is 2.27 bits per heavy atom. The molecule has 0 amide bonds. The molecule has 6 nitrogen and oxygen atoms in total. The van der Waals surface area contributed by atoms with E-state index < -0.39 is 5.97 Å². The summed E-state index contributed by atoms with van der Waals surface area (Å²) < 4.78 is 5.35. The molecular weight excluding hydrogens is 402 g/mol. The molecule has 2 rings (SSSR count). The van der Waals surface area contributed by atoms with Crippen molar-refractivity contribution in [3.8, 4) is 5.75 Å². The molecule has 0 heterocycles. The van der Waals surface area contributed by atoms with Crippen LogP contribution in [0, 0.1) is 6.92 Å². The van der Waals surface area contributed by atoms with Crippen molar-refractivity contribution in [2.45, 2.75) is 50.8 Å². The molecule has 0 saturated heterocycles. The molecule has 2 aromatic rings. The van der Waals surface area contributed by atoms with Gasteiger partial charge in [-0.1, -0.05) is 37.7 Å². The molecule has 0 aliphatic rings. The first kappa shape index (κ1) is 25.4. The number of benzene rings is 2. The summed E-state index contributed by atoms with van der Waals surface area (Å²) >= 11 is 1.56. The molecule has 0 saturated carbocycles. The first-order valence-electron chi connectivity index (χ1n) is 9.86. The standard InChI is InChI=1S/C21H23NO5S.C2H6/c1-4-20(24)27-22-15(3)21(25)19-10-9-18(13-14(19)2)28-17-7-5-16(6-8-17)26-12-11-23;1-2/h5-10,13,23H,4,11-12H2,1-3H3;1-2H3/b22-15+;. The number of rotatable bonds is 9. The number of hydrogen-bond acceptors (Lipinski definition) is 7. The fraction of sp³-hybridized carbons (Fsp3) is 0.348. The minimum Gasteiger partial charge on any atom is -0.491 e. The molecule has 0 spiro atoms. The molecule has 7 heteroatoms. The lowest BCUT2D eigenvalue weighted by molar-refractivity contribution is -0.143. The van der Waals surface area contributed by atoms with Gasteiger partial charge in [-0.25, -0.2) is 4.79 Å². The molecule has 0 unspecified atom stereocenters. The monoisotopic (exact) mass is 431 g/mol. The molecule has 162 valence electrons. The van der Waals surface area contributed by atoms with E-state index in [1.807, 2.05) is 57.2 Å². The van der Waals surface area contributed by atoms with Crippen molar-refractivity contribution in [3.05, 3.63) is 53.6 Å². The van der Waals surface area contributed by atoms with Gasteiger partial charge < -0.3 is 14.7 Å². The van der Waals surface area contributed by atoms with E-state index in [4.69, 9.17) is 9.84 Å². The zero-order valence-corrected chi connectivity index (χ0v) is 18.9. The highest BCUT2D eigenvalue weighted by atomic mass is 32.2. The molecule has 0 aromatic heterocycles. The minimum absolute atomic E-state index is 0.0218. The van der Waals surface area contributed by atoms with Crippen LogP contribution in [0.5, 0.6) is 5.75 Å². The maximum absolute atomic E-state index is 12.5. The summed E-state index contributed by atoms with van der Waals surface area (Å²) in [5.41, 5.74) is 1.46. The maximum atomic E-state index is 12.5. The molecular formula is C23H29NO5S. The number of aliphatic hydroxyl groups is 1. The molecule has 0 radical (unpaired) electrons. The van der Waals surface area contributed by atoms with Crippen LogP contribution in [-0.4, -0.2) is 35.8 Å². The van der Waals surface area contributed by atoms with Crippen LogP contribution in [0.15, 0.2) is 57.4 Å². The lowest BCUT2D eigenvalue weighted by Crippen LogP contribution is -2.13. The van der Waals surface area contributed by atoms with Crippen LogP contribution in [0.2, 0.25) is 0 Å². The topological polar surface area (TPSA) is 85.2 Å². The van der Waals surface area contributed by atoms with Gasteiger partial charge >= 0.3 is 5.97 Å². The summed E-state index contributed by atoms with van der Waals surface area (Å²) in [6, 6.07) is 13.1. The maximum Gasteiger partial charge on any atom is 0.334 e. The summed E-state index contributed by atoms with van der Waals surface area (Å²) in [7, 11) is 0. The van der Waals surface area contributed by atoms with Crippen LogP contribution in [0.3, 0.4) is 0 Å². The number of aryl methyl sites for hydroxylation is 1. The average Bonchev–Trinajstić information content (AvgIpc) is 2.77. The van der Waals surface area contributed by atoms with Crippen molar-refractivity contribution in [1.82, 2.24) is 0 Å². The van der Waals surface area contributed by atoms with Crippen molar-refractivity contribution >= 4 is 29.2 Å². The molecule has 2 aromatic carbocycles. The van der Waals surface area contributed by atoms with Gasteiger partial charge in [0.15, 0.2) is 0 Å². The number of ether oxygens (including phenoxy) is 1. The van der Waals surface area contributed by atoms with Crippen molar-refractivity contribution in [3.63, 3.8) is 0 Å². The third kappa shape index (κ3) is 8.00. The van der Waals surface area contributed by atoms with E-state index in [1.54, 1.807) is 24.8 Å². The largest absolute Gasteiger partial charge is 0.491 e. The number of carbonyl (C=O) groups is 2. The Morgan fingerprint density at radius 2 is 1.70 bits per heavy atom. The minimum atomic E-state index is -0.483. The molecule has 0 fully saturated rings. The second kappa shape index (κ2) is 13.6. The van der Waals surface area contributed by atoms with Gasteiger partial charge in [0.05, 0.1) is 6.61 Å². The van der Waals surface area contributed by atoms with Crippen LogP contribution in [0.4, 0.5) is 0 Å². The second-order valence-electron chi connectivity index (χ2n) is 5.94. The SMILES string of the molecule is CC.CCC(=O)O/N=C(\C)C(=O)c1ccc(Sc2ccc(OCCO)cc2)cc1C. The van der Waals surface area contributed by atoms with Gasteiger partial charge in [-0.05, 0) is 61.9 Å². The van der Waals surface area contributed by atoms with Crippen molar-refractivity contribution in [2.75, 3.05) is 13.2 Å². The van der Waals surface area contributed by atoms with Crippen LogP contribution in [-0.2, 0) is 9.63 Å². The number of hydrogen-bond donors (Lipinski definition) is 1. The highest BCUT2D eigenvalue weighted by Gasteiger charge is 2.14. The predicted octanol–water partition coefficient (Wildman–Crippen LogP) is 5.06. The second-order valence-corrected chi connectivity index (χ2v) is 7.09. The average molecular weight is 432 g/mol. The van der Waals surface area contributed by atoms with Gasteiger partial charge in [0, 0.05) is 21.8 Å².